The zero-order valence-electron chi connectivity index (χ0n) is 18.7. The summed E-state index contributed by atoms with van der Waals surface area (Å²) in [6.45, 7) is 6.01. The van der Waals surface area contributed by atoms with Crippen molar-refractivity contribution >= 4 is 35.0 Å². The molecule has 168 valence electrons. The first kappa shape index (κ1) is 21.4. The summed E-state index contributed by atoms with van der Waals surface area (Å²) in [5.74, 6) is 1.97. The van der Waals surface area contributed by atoms with Crippen molar-refractivity contribution in [1.29, 1.82) is 0 Å². The second kappa shape index (κ2) is 9.19. The van der Waals surface area contributed by atoms with Crippen LogP contribution in [-0.4, -0.2) is 43.6 Å². The van der Waals surface area contributed by atoms with Gasteiger partial charge in [-0.2, -0.15) is 4.98 Å². The molecule has 0 aliphatic carbocycles. The van der Waals surface area contributed by atoms with E-state index < -0.39 is 0 Å². The minimum Gasteiger partial charge on any atom is -0.357 e. The molecule has 0 bridgehead atoms. The highest BCUT2D eigenvalue weighted by Gasteiger charge is 2.16. The number of aromatic nitrogens is 5. The van der Waals surface area contributed by atoms with Crippen LogP contribution in [0.1, 0.15) is 40.2 Å². The average molecular weight is 460 g/mol. The summed E-state index contributed by atoms with van der Waals surface area (Å²) in [4.78, 5) is 28.8. The van der Waals surface area contributed by atoms with Crippen molar-refractivity contribution in [3.63, 3.8) is 0 Å². The summed E-state index contributed by atoms with van der Waals surface area (Å²) < 4.78 is 1.74. The number of carbonyl (C=O) groups excluding carboxylic acids is 1. The molecule has 1 aliphatic rings. The fourth-order valence-electron chi connectivity index (χ4n) is 4.01. The topological polar surface area (TPSA) is 88.3 Å². The first-order valence-electron chi connectivity index (χ1n) is 11.0. The molecule has 8 nitrogen and oxygen atoms in total. The molecule has 0 radical (unpaired) electrons. The van der Waals surface area contributed by atoms with E-state index in [0.717, 1.165) is 35.9 Å². The molecule has 1 amide bonds. The van der Waals surface area contributed by atoms with Crippen LogP contribution in [0.5, 0.6) is 0 Å². The standard InChI is InChI=1S/C24H25N7OS/c1-16-13-17(2)31-23(26-16)28-24(29-31)33-15-18-7-3-4-8-20(18)22(32)27-19-9-10-21(25-14-19)30-11-5-6-12-30/h3-4,7-10,13-14H,5-6,11-12,15H2,1-2H3,(H,27,32). The minimum atomic E-state index is -0.155. The zero-order valence-corrected chi connectivity index (χ0v) is 19.5. The number of nitrogens with one attached hydrogen (secondary N) is 1. The van der Waals surface area contributed by atoms with Crippen molar-refractivity contribution in [1.82, 2.24) is 24.6 Å². The van der Waals surface area contributed by atoms with Crippen molar-refractivity contribution < 1.29 is 4.79 Å². The summed E-state index contributed by atoms with van der Waals surface area (Å²) in [7, 11) is 0. The molecule has 1 aliphatic heterocycles. The first-order valence-corrected chi connectivity index (χ1v) is 12.0. The maximum atomic E-state index is 13.0. The van der Waals surface area contributed by atoms with Crippen LogP contribution < -0.4 is 10.2 Å². The highest BCUT2D eigenvalue weighted by Crippen LogP contribution is 2.24. The summed E-state index contributed by atoms with van der Waals surface area (Å²) in [5, 5.41) is 8.15. The Bertz CT molecular complexity index is 1300. The Labute approximate surface area is 196 Å². The lowest BCUT2D eigenvalue weighted by atomic mass is 10.1. The molecule has 1 fully saturated rings. The Morgan fingerprint density at radius 2 is 1.91 bits per heavy atom. The van der Waals surface area contributed by atoms with E-state index in [9.17, 15) is 4.79 Å². The van der Waals surface area contributed by atoms with Gasteiger partial charge in [0.2, 0.25) is 5.16 Å². The van der Waals surface area contributed by atoms with Crippen LogP contribution in [-0.2, 0) is 5.75 Å². The maximum absolute atomic E-state index is 13.0. The van der Waals surface area contributed by atoms with Gasteiger partial charge in [-0.05, 0) is 56.5 Å². The van der Waals surface area contributed by atoms with E-state index >= 15 is 0 Å². The summed E-state index contributed by atoms with van der Waals surface area (Å²) in [5.41, 5.74) is 4.13. The third kappa shape index (κ3) is 4.68. The maximum Gasteiger partial charge on any atom is 0.256 e. The Kier molecular flexibility index (Phi) is 5.95. The molecular weight excluding hydrogens is 434 g/mol. The van der Waals surface area contributed by atoms with Crippen molar-refractivity contribution in [3.8, 4) is 0 Å². The lowest BCUT2D eigenvalue weighted by molar-refractivity contribution is 0.102. The molecule has 0 spiro atoms. The molecule has 4 heterocycles. The van der Waals surface area contributed by atoms with Gasteiger partial charge in [0.1, 0.15) is 5.82 Å². The van der Waals surface area contributed by atoms with Crippen LogP contribution >= 0.6 is 11.8 Å². The third-order valence-corrected chi connectivity index (χ3v) is 6.54. The van der Waals surface area contributed by atoms with Gasteiger partial charge in [-0.15, -0.1) is 5.10 Å². The van der Waals surface area contributed by atoms with E-state index in [-0.39, 0.29) is 5.91 Å². The fraction of sp³-hybridized carbons (Fsp3) is 0.292. The molecule has 0 atom stereocenters. The molecule has 0 unspecified atom stereocenters. The Hall–Kier alpha value is -3.46. The van der Waals surface area contributed by atoms with Crippen molar-refractivity contribution in [2.24, 2.45) is 0 Å². The predicted molar refractivity (Wildman–Crippen MR) is 130 cm³/mol. The zero-order chi connectivity index (χ0) is 22.8. The van der Waals surface area contributed by atoms with Gasteiger partial charge in [0, 0.05) is 35.8 Å². The van der Waals surface area contributed by atoms with Crippen LogP contribution in [0.4, 0.5) is 11.5 Å². The van der Waals surface area contributed by atoms with Crippen LogP contribution in [0.2, 0.25) is 0 Å². The molecule has 3 aromatic heterocycles. The fourth-order valence-corrected chi connectivity index (χ4v) is 4.83. The van der Waals surface area contributed by atoms with Gasteiger partial charge in [-0.1, -0.05) is 30.0 Å². The number of pyridine rings is 1. The Morgan fingerprint density at radius 3 is 2.70 bits per heavy atom. The number of hydrogen-bond donors (Lipinski definition) is 1. The van der Waals surface area contributed by atoms with Crippen LogP contribution in [0, 0.1) is 13.8 Å². The predicted octanol–water partition coefficient (Wildman–Crippen LogP) is 4.28. The van der Waals surface area contributed by atoms with Crippen LogP contribution in [0.15, 0.2) is 53.8 Å². The minimum absolute atomic E-state index is 0.155. The highest BCUT2D eigenvalue weighted by atomic mass is 32.2. The number of carbonyl (C=O) groups is 1. The van der Waals surface area contributed by atoms with Crippen molar-refractivity contribution in [3.05, 3.63) is 71.2 Å². The number of nitrogens with zero attached hydrogens (tertiary/aromatic N) is 6. The van der Waals surface area contributed by atoms with E-state index in [2.05, 4.69) is 30.3 Å². The molecule has 0 saturated carbocycles. The van der Waals surface area contributed by atoms with Gasteiger partial charge in [0.25, 0.3) is 11.7 Å². The lowest BCUT2D eigenvalue weighted by Gasteiger charge is -2.16. The van der Waals surface area contributed by atoms with Crippen molar-refractivity contribution in [2.75, 3.05) is 23.3 Å². The molecule has 33 heavy (non-hydrogen) atoms. The second-order valence-electron chi connectivity index (χ2n) is 8.14. The van der Waals surface area contributed by atoms with Gasteiger partial charge >= 0.3 is 0 Å². The number of rotatable bonds is 6. The normalized spacial score (nSPS) is 13.6. The number of benzene rings is 1. The van der Waals surface area contributed by atoms with Gasteiger partial charge in [-0.3, -0.25) is 4.79 Å². The highest BCUT2D eigenvalue weighted by molar-refractivity contribution is 7.98. The Morgan fingerprint density at radius 1 is 1.09 bits per heavy atom. The van der Waals surface area contributed by atoms with Crippen molar-refractivity contribution in [2.45, 2.75) is 37.6 Å². The van der Waals surface area contributed by atoms with Gasteiger partial charge < -0.3 is 10.2 Å². The second-order valence-corrected chi connectivity index (χ2v) is 9.09. The number of anilines is 2. The molecule has 1 N–H and O–H groups in total. The largest absolute Gasteiger partial charge is 0.357 e. The number of amides is 1. The Balaban J connectivity index is 1.28. The number of hydrogen-bond acceptors (Lipinski definition) is 7. The quantitative estimate of drug-likeness (QED) is 0.431. The van der Waals surface area contributed by atoms with E-state index in [0.29, 0.717) is 27.9 Å². The number of fused-ring (bicyclic) bond motifs is 1. The lowest BCUT2D eigenvalue weighted by Crippen LogP contribution is -2.19. The monoisotopic (exact) mass is 459 g/mol. The molecule has 9 heteroatoms. The SMILES string of the molecule is Cc1cc(C)n2nc(SCc3ccccc3C(=O)Nc3ccc(N4CCCC4)nc3)nc2n1. The van der Waals surface area contributed by atoms with Gasteiger partial charge in [0.05, 0.1) is 11.9 Å². The molecule has 1 saturated heterocycles. The average Bonchev–Trinajstić information content (AvgIpc) is 3.49. The van der Waals surface area contributed by atoms with Crippen LogP contribution in [0.3, 0.4) is 0 Å². The summed E-state index contributed by atoms with van der Waals surface area (Å²) >= 11 is 1.49. The van der Waals surface area contributed by atoms with E-state index in [1.807, 2.05) is 56.3 Å². The van der Waals surface area contributed by atoms with Crippen LogP contribution in [0.25, 0.3) is 5.78 Å². The van der Waals surface area contributed by atoms with E-state index in [1.54, 1.807) is 10.7 Å². The van der Waals surface area contributed by atoms with E-state index in [1.165, 1.54) is 24.6 Å². The molecule has 1 aromatic carbocycles. The van der Waals surface area contributed by atoms with Gasteiger partial charge in [-0.25, -0.2) is 14.5 Å². The van der Waals surface area contributed by atoms with E-state index in [4.69, 9.17) is 0 Å². The molecule has 5 rings (SSSR count). The summed E-state index contributed by atoms with van der Waals surface area (Å²) in [6.07, 6.45) is 4.13. The summed E-state index contributed by atoms with van der Waals surface area (Å²) in [6, 6.07) is 13.5. The first-order chi connectivity index (χ1) is 16.1. The molecular formula is C24H25N7OS. The molecule has 4 aromatic rings. The third-order valence-electron chi connectivity index (χ3n) is 5.65. The van der Waals surface area contributed by atoms with Gasteiger partial charge in [0.15, 0.2) is 0 Å². The smallest absolute Gasteiger partial charge is 0.256 e. The number of thioether (sulfide) groups is 1. The number of aryl methyl sites for hydroxylation is 2.